The van der Waals surface area contributed by atoms with Gasteiger partial charge < -0.3 is 15.2 Å². The molecule has 0 radical (unpaired) electrons. The summed E-state index contributed by atoms with van der Waals surface area (Å²) in [7, 11) is 1.57. The fraction of sp³-hybridized carbons (Fsp3) is 0.0625. The van der Waals surface area contributed by atoms with Crippen molar-refractivity contribution in [1.82, 2.24) is 0 Å². The van der Waals surface area contributed by atoms with Crippen LogP contribution in [-0.4, -0.2) is 18.1 Å². The topological polar surface area (TPSA) is 58.6 Å². The zero-order valence-electron chi connectivity index (χ0n) is 11.0. The molecule has 0 aliphatic heterocycles. The Balaban J connectivity index is 2.07. The molecule has 2 aromatic carbocycles. The molecular weight excluding hydrogens is 254 g/mol. The number of ether oxygens (including phenoxy) is 1. The first kappa shape index (κ1) is 13.7. The highest BCUT2D eigenvalue weighted by molar-refractivity contribution is 6.03. The number of carbonyl (C=O) groups is 1. The van der Waals surface area contributed by atoms with Gasteiger partial charge >= 0.3 is 0 Å². The van der Waals surface area contributed by atoms with E-state index < -0.39 is 0 Å². The molecule has 0 atom stereocenters. The van der Waals surface area contributed by atoms with Crippen molar-refractivity contribution in [2.24, 2.45) is 0 Å². The lowest BCUT2D eigenvalue weighted by atomic mass is 10.1. The number of benzene rings is 2. The van der Waals surface area contributed by atoms with Crippen LogP contribution in [0.25, 0.3) is 5.76 Å². The number of nitrogens with one attached hydrogen (secondary N) is 1. The fourth-order valence-corrected chi connectivity index (χ4v) is 1.67. The summed E-state index contributed by atoms with van der Waals surface area (Å²) in [6.07, 6.45) is 1.15. The fourth-order valence-electron chi connectivity index (χ4n) is 1.67. The van der Waals surface area contributed by atoms with Crippen LogP contribution in [0.15, 0.2) is 60.7 Å². The number of methoxy groups -OCH3 is 1. The van der Waals surface area contributed by atoms with E-state index in [0.29, 0.717) is 17.0 Å². The van der Waals surface area contributed by atoms with Crippen molar-refractivity contribution in [2.75, 3.05) is 12.4 Å². The van der Waals surface area contributed by atoms with E-state index in [1.807, 2.05) is 18.2 Å². The van der Waals surface area contributed by atoms with E-state index >= 15 is 0 Å². The van der Waals surface area contributed by atoms with Crippen LogP contribution in [0.5, 0.6) is 5.75 Å². The highest BCUT2D eigenvalue weighted by atomic mass is 16.5. The Morgan fingerprint density at radius 3 is 2.35 bits per heavy atom. The Morgan fingerprint density at radius 1 is 1.10 bits per heavy atom. The van der Waals surface area contributed by atoms with E-state index in [-0.39, 0.29) is 11.7 Å². The Kier molecular flexibility index (Phi) is 4.39. The number of hydrogen-bond acceptors (Lipinski definition) is 3. The molecule has 0 fully saturated rings. The smallest absolute Gasteiger partial charge is 0.252 e. The highest BCUT2D eigenvalue weighted by Crippen LogP contribution is 2.16. The van der Waals surface area contributed by atoms with Gasteiger partial charge in [-0.15, -0.1) is 0 Å². The number of rotatable bonds is 4. The first-order valence-electron chi connectivity index (χ1n) is 6.10. The predicted molar refractivity (Wildman–Crippen MR) is 78.7 cm³/mol. The Labute approximate surface area is 117 Å². The van der Waals surface area contributed by atoms with Crippen molar-refractivity contribution in [3.63, 3.8) is 0 Å². The molecule has 20 heavy (non-hydrogen) atoms. The van der Waals surface area contributed by atoms with Crippen LogP contribution >= 0.6 is 0 Å². The van der Waals surface area contributed by atoms with Gasteiger partial charge in [-0.2, -0.15) is 0 Å². The van der Waals surface area contributed by atoms with Crippen LogP contribution in [0.4, 0.5) is 5.69 Å². The van der Waals surface area contributed by atoms with Crippen molar-refractivity contribution in [2.45, 2.75) is 0 Å². The maximum atomic E-state index is 11.7. The number of anilines is 1. The average Bonchev–Trinajstić information content (AvgIpc) is 2.48. The number of aliphatic hydroxyl groups is 1. The van der Waals surface area contributed by atoms with Crippen LogP contribution in [-0.2, 0) is 4.79 Å². The SMILES string of the molecule is COc1ccc(/C(O)=C/C(=O)Nc2ccccc2)cc1. The quantitative estimate of drug-likeness (QED) is 0.661. The van der Waals surface area contributed by atoms with Crippen molar-refractivity contribution >= 4 is 17.4 Å². The zero-order chi connectivity index (χ0) is 14.4. The van der Waals surface area contributed by atoms with Gasteiger partial charge in [0.1, 0.15) is 11.5 Å². The molecule has 2 rings (SSSR count). The molecule has 2 aromatic rings. The summed E-state index contributed by atoms with van der Waals surface area (Å²) in [5, 5.41) is 12.6. The minimum Gasteiger partial charge on any atom is -0.507 e. The first-order chi connectivity index (χ1) is 9.69. The predicted octanol–water partition coefficient (Wildman–Crippen LogP) is 3.23. The summed E-state index contributed by atoms with van der Waals surface area (Å²) in [5.41, 5.74) is 1.23. The largest absolute Gasteiger partial charge is 0.507 e. The monoisotopic (exact) mass is 269 g/mol. The van der Waals surface area contributed by atoms with Gasteiger partial charge in [-0.05, 0) is 36.4 Å². The van der Waals surface area contributed by atoms with Crippen LogP contribution in [0, 0.1) is 0 Å². The Hall–Kier alpha value is -2.75. The molecule has 0 heterocycles. The number of amides is 1. The van der Waals surface area contributed by atoms with Crippen LogP contribution in [0.3, 0.4) is 0 Å². The number of para-hydroxylation sites is 1. The van der Waals surface area contributed by atoms with Crippen LogP contribution in [0.2, 0.25) is 0 Å². The maximum absolute atomic E-state index is 11.7. The first-order valence-corrected chi connectivity index (χ1v) is 6.10. The lowest BCUT2D eigenvalue weighted by Gasteiger charge is -2.04. The van der Waals surface area contributed by atoms with Crippen molar-refractivity contribution in [1.29, 1.82) is 0 Å². The van der Waals surface area contributed by atoms with Crippen molar-refractivity contribution in [3.05, 3.63) is 66.2 Å². The van der Waals surface area contributed by atoms with Gasteiger partial charge in [0.2, 0.25) is 0 Å². The third kappa shape index (κ3) is 3.62. The van der Waals surface area contributed by atoms with E-state index in [1.165, 1.54) is 0 Å². The summed E-state index contributed by atoms with van der Waals surface area (Å²) in [5.74, 6) is 0.209. The molecule has 0 aliphatic carbocycles. The number of hydrogen-bond donors (Lipinski definition) is 2. The van der Waals surface area contributed by atoms with E-state index in [9.17, 15) is 9.90 Å². The second kappa shape index (κ2) is 6.43. The molecule has 0 aliphatic rings. The lowest BCUT2D eigenvalue weighted by Crippen LogP contribution is -2.08. The van der Waals surface area contributed by atoms with Gasteiger partial charge in [0.15, 0.2) is 0 Å². The van der Waals surface area contributed by atoms with Gasteiger partial charge in [0.25, 0.3) is 5.91 Å². The van der Waals surface area contributed by atoms with Crippen LogP contribution < -0.4 is 10.1 Å². The maximum Gasteiger partial charge on any atom is 0.252 e. The molecule has 1 amide bonds. The van der Waals surface area contributed by atoms with E-state index in [0.717, 1.165) is 6.08 Å². The summed E-state index contributed by atoms with van der Waals surface area (Å²) >= 11 is 0. The van der Waals surface area contributed by atoms with E-state index in [1.54, 1.807) is 43.5 Å². The molecule has 2 N–H and O–H groups in total. The van der Waals surface area contributed by atoms with Gasteiger partial charge in [0, 0.05) is 17.3 Å². The molecule has 0 bridgehead atoms. The molecule has 0 saturated carbocycles. The van der Waals surface area contributed by atoms with Crippen molar-refractivity contribution < 1.29 is 14.6 Å². The molecule has 0 spiro atoms. The van der Waals surface area contributed by atoms with E-state index in [2.05, 4.69) is 5.32 Å². The summed E-state index contributed by atoms with van der Waals surface area (Å²) in [4.78, 5) is 11.7. The molecule has 102 valence electrons. The second-order valence-electron chi connectivity index (χ2n) is 4.11. The zero-order valence-corrected chi connectivity index (χ0v) is 11.0. The summed E-state index contributed by atoms with van der Waals surface area (Å²) in [6.45, 7) is 0. The third-order valence-corrected chi connectivity index (χ3v) is 2.69. The van der Waals surface area contributed by atoms with Crippen molar-refractivity contribution in [3.8, 4) is 5.75 Å². The summed E-state index contributed by atoms with van der Waals surface area (Å²) in [6, 6.07) is 15.8. The highest BCUT2D eigenvalue weighted by Gasteiger charge is 2.04. The van der Waals surface area contributed by atoms with Gasteiger partial charge in [-0.1, -0.05) is 18.2 Å². The van der Waals surface area contributed by atoms with Gasteiger partial charge in [-0.3, -0.25) is 4.79 Å². The normalized spacial score (nSPS) is 10.9. The van der Waals surface area contributed by atoms with Gasteiger partial charge in [-0.25, -0.2) is 0 Å². The molecule has 0 saturated heterocycles. The summed E-state index contributed by atoms with van der Waals surface area (Å²) < 4.78 is 5.03. The average molecular weight is 269 g/mol. The second-order valence-corrected chi connectivity index (χ2v) is 4.11. The minimum atomic E-state index is -0.385. The van der Waals surface area contributed by atoms with Crippen LogP contribution in [0.1, 0.15) is 5.56 Å². The third-order valence-electron chi connectivity index (χ3n) is 2.69. The Bertz CT molecular complexity index is 603. The van der Waals surface area contributed by atoms with Gasteiger partial charge in [0.05, 0.1) is 7.11 Å². The molecular formula is C16H15NO3. The molecule has 0 aromatic heterocycles. The molecule has 4 nitrogen and oxygen atoms in total. The molecule has 4 heteroatoms. The minimum absolute atomic E-state index is 0.0962. The van der Waals surface area contributed by atoms with E-state index in [4.69, 9.17) is 4.74 Å². The standard InChI is InChI=1S/C16H15NO3/c1-20-14-9-7-12(8-10-14)15(18)11-16(19)17-13-5-3-2-4-6-13/h2-11,18H,1H3,(H,17,19)/b15-11-. The molecule has 0 unspecified atom stereocenters. The lowest BCUT2D eigenvalue weighted by molar-refractivity contribution is -0.111. The Morgan fingerprint density at radius 2 is 1.75 bits per heavy atom. The number of aliphatic hydroxyl groups excluding tert-OH is 1. The number of carbonyl (C=O) groups excluding carboxylic acids is 1.